The summed E-state index contributed by atoms with van der Waals surface area (Å²) in [7, 11) is 0. The zero-order valence-electron chi connectivity index (χ0n) is 12.1. The summed E-state index contributed by atoms with van der Waals surface area (Å²) in [5.74, 6) is -0.0636. The van der Waals surface area contributed by atoms with E-state index in [0.717, 1.165) is 15.5 Å². The predicted molar refractivity (Wildman–Crippen MR) is 88.5 cm³/mol. The van der Waals surface area contributed by atoms with E-state index in [0.29, 0.717) is 13.0 Å². The van der Waals surface area contributed by atoms with Gasteiger partial charge in [0.1, 0.15) is 0 Å². The SMILES string of the molecule is CC(CCN)C(=O)Nc1ccccc1Sc1ccccc1. The van der Waals surface area contributed by atoms with Crippen LogP contribution in [-0.4, -0.2) is 12.5 Å². The highest BCUT2D eigenvalue weighted by Gasteiger charge is 2.14. The second-order valence-electron chi connectivity index (χ2n) is 4.88. The zero-order chi connectivity index (χ0) is 15.1. The van der Waals surface area contributed by atoms with Crippen LogP contribution in [0.2, 0.25) is 0 Å². The van der Waals surface area contributed by atoms with Gasteiger partial charge in [-0.25, -0.2) is 0 Å². The Kier molecular flexibility index (Phi) is 5.84. The molecule has 0 spiro atoms. The Morgan fingerprint density at radius 2 is 1.81 bits per heavy atom. The quantitative estimate of drug-likeness (QED) is 0.854. The van der Waals surface area contributed by atoms with Gasteiger partial charge < -0.3 is 11.1 Å². The van der Waals surface area contributed by atoms with Crippen molar-refractivity contribution in [2.75, 3.05) is 11.9 Å². The molecule has 2 aromatic rings. The van der Waals surface area contributed by atoms with E-state index < -0.39 is 0 Å². The molecular formula is C17H20N2OS. The van der Waals surface area contributed by atoms with E-state index in [9.17, 15) is 4.79 Å². The molecule has 1 atom stereocenters. The molecule has 0 bridgehead atoms. The number of hydrogen-bond donors (Lipinski definition) is 2. The van der Waals surface area contributed by atoms with Crippen molar-refractivity contribution < 1.29 is 4.79 Å². The Morgan fingerprint density at radius 3 is 2.52 bits per heavy atom. The number of carbonyl (C=O) groups excluding carboxylic acids is 1. The van der Waals surface area contributed by atoms with Crippen LogP contribution in [0.15, 0.2) is 64.4 Å². The average molecular weight is 300 g/mol. The molecule has 0 aromatic heterocycles. The largest absolute Gasteiger partial charge is 0.330 e. The van der Waals surface area contributed by atoms with E-state index >= 15 is 0 Å². The van der Waals surface area contributed by atoms with Crippen molar-refractivity contribution in [1.82, 2.24) is 0 Å². The Balaban J connectivity index is 2.12. The van der Waals surface area contributed by atoms with Crippen LogP contribution in [0.5, 0.6) is 0 Å². The maximum atomic E-state index is 12.1. The number of anilines is 1. The fourth-order valence-corrected chi connectivity index (χ4v) is 2.83. The number of amides is 1. The minimum Gasteiger partial charge on any atom is -0.330 e. The summed E-state index contributed by atoms with van der Waals surface area (Å²) in [6.45, 7) is 2.42. The summed E-state index contributed by atoms with van der Waals surface area (Å²) in [5.41, 5.74) is 6.36. The molecule has 0 aliphatic rings. The van der Waals surface area contributed by atoms with Crippen molar-refractivity contribution in [1.29, 1.82) is 0 Å². The van der Waals surface area contributed by atoms with Crippen LogP contribution in [0, 0.1) is 5.92 Å². The Hall–Kier alpha value is -1.78. The molecule has 110 valence electrons. The van der Waals surface area contributed by atoms with Crippen molar-refractivity contribution in [3.05, 3.63) is 54.6 Å². The standard InChI is InChI=1S/C17H20N2OS/c1-13(11-12-18)17(20)19-15-9-5-6-10-16(15)21-14-7-3-2-4-8-14/h2-10,13H,11-12,18H2,1H3,(H,19,20). The maximum Gasteiger partial charge on any atom is 0.227 e. The van der Waals surface area contributed by atoms with Crippen molar-refractivity contribution in [2.45, 2.75) is 23.1 Å². The topological polar surface area (TPSA) is 55.1 Å². The zero-order valence-corrected chi connectivity index (χ0v) is 12.9. The molecule has 2 aromatic carbocycles. The van der Waals surface area contributed by atoms with Gasteiger partial charge in [-0.15, -0.1) is 0 Å². The summed E-state index contributed by atoms with van der Waals surface area (Å²) < 4.78 is 0. The summed E-state index contributed by atoms with van der Waals surface area (Å²) in [5, 5.41) is 3.00. The first kappa shape index (κ1) is 15.6. The summed E-state index contributed by atoms with van der Waals surface area (Å²) in [6.07, 6.45) is 0.694. The van der Waals surface area contributed by atoms with E-state index in [-0.39, 0.29) is 11.8 Å². The number of nitrogens with two attached hydrogens (primary N) is 1. The lowest BCUT2D eigenvalue weighted by Gasteiger charge is -2.14. The van der Waals surface area contributed by atoms with Crippen molar-refractivity contribution in [3.8, 4) is 0 Å². The lowest BCUT2D eigenvalue weighted by molar-refractivity contribution is -0.119. The molecule has 0 heterocycles. The van der Waals surface area contributed by atoms with E-state index in [1.54, 1.807) is 11.8 Å². The van der Waals surface area contributed by atoms with Crippen LogP contribution in [0.1, 0.15) is 13.3 Å². The third-order valence-electron chi connectivity index (χ3n) is 3.16. The minimum atomic E-state index is -0.0789. The van der Waals surface area contributed by atoms with Crippen molar-refractivity contribution in [3.63, 3.8) is 0 Å². The van der Waals surface area contributed by atoms with Gasteiger partial charge in [0.2, 0.25) is 5.91 Å². The van der Waals surface area contributed by atoms with Gasteiger partial charge in [0.15, 0.2) is 0 Å². The first-order valence-corrected chi connectivity index (χ1v) is 7.85. The second kappa shape index (κ2) is 7.86. The van der Waals surface area contributed by atoms with E-state index in [1.807, 2.05) is 49.4 Å². The third-order valence-corrected chi connectivity index (χ3v) is 4.25. The van der Waals surface area contributed by atoms with Crippen LogP contribution in [0.3, 0.4) is 0 Å². The molecule has 3 nitrogen and oxygen atoms in total. The van der Waals surface area contributed by atoms with E-state index in [2.05, 4.69) is 17.4 Å². The average Bonchev–Trinajstić information content (AvgIpc) is 2.50. The van der Waals surface area contributed by atoms with Gasteiger partial charge in [-0.2, -0.15) is 0 Å². The predicted octanol–water partition coefficient (Wildman–Crippen LogP) is 3.76. The first-order valence-electron chi connectivity index (χ1n) is 7.03. The summed E-state index contributed by atoms with van der Waals surface area (Å²) in [4.78, 5) is 14.3. The fourth-order valence-electron chi connectivity index (χ4n) is 1.91. The highest BCUT2D eigenvalue weighted by Crippen LogP contribution is 2.33. The molecule has 1 amide bonds. The van der Waals surface area contributed by atoms with Gasteiger partial charge in [-0.05, 0) is 37.2 Å². The lowest BCUT2D eigenvalue weighted by atomic mass is 10.1. The highest BCUT2D eigenvalue weighted by atomic mass is 32.2. The van der Waals surface area contributed by atoms with Crippen LogP contribution in [0.4, 0.5) is 5.69 Å². The molecule has 0 aliphatic carbocycles. The number of para-hydroxylation sites is 1. The molecule has 0 aliphatic heterocycles. The van der Waals surface area contributed by atoms with Gasteiger partial charge in [0, 0.05) is 15.7 Å². The van der Waals surface area contributed by atoms with Crippen LogP contribution >= 0.6 is 11.8 Å². The van der Waals surface area contributed by atoms with Crippen molar-refractivity contribution >= 4 is 23.4 Å². The molecule has 0 saturated carbocycles. The van der Waals surface area contributed by atoms with Crippen LogP contribution < -0.4 is 11.1 Å². The number of carbonyl (C=O) groups is 1. The highest BCUT2D eigenvalue weighted by molar-refractivity contribution is 7.99. The number of benzene rings is 2. The first-order chi connectivity index (χ1) is 10.2. The number of hydrogen-bond acceptors (Lipinski definition) is 3. The minimum absolute atomic E-state index is 0.0153. The molecule has 2 rings (SSSR count). The van der Waals surface area contributed by atoms with Gasteiger partial charge in [-0.3, -0.25) is 4.79 Å². The van der Waals surface area contributed by atoms with E-state index in [4.69, 9.17) is 5.73 Å². The number of rotatable bonds is 6. The molecule has 0 fully saturated rings. The fraction of sp³-hybridized carbons (Fsp3) is 0.235. The molecule has 0 radical (unpaired) electrons. The lowest BCUT2D eigenvalue weighted by Crippen LogP contribution is -2.22. The molecule has 1 unspecified atom stereocenters. The second-order valence-corrected chi connectivity index (χ2v) is 5.99. The molecule has 3 N–H and O–H groups in total. The smallest absolute Gasteiger partial charge is 0.227 e. The molecule has 4 heteroatoms. The van der Waals surface area contributed by atoms with Gasteiger partial charge in [0.05, 0.1) is 5.69 Å². The van der Waals surface area contributed by atoms with Gasteiger partial charge in [0.25, 0.3) is 0 Å². The molecular weight excluding hydrogens is 280 g/mol. The Morgan fingerprint density at radius 1 is 1.14 bits per heavy atom. The summed E-state index contributed by atoms with van der Waals surface area (Å²) >= 11 is 1.64. The van der Waals surface area contributed by atoms with Crippen LogP contribution in [-0.2, 0) is 4.79 Å². The van der Waals surface area contributed by atoms with Gasteiger partial charge >= 0.3 is 0 Å². The Labute approximate surface area is 129 Å². The van der Waals surface area contributed by atoms with Gasteiger partial charge in [-0.1, -0.05) is 49.0 Å². The van der Waals surface area contributed by atoms with Crippen LogP contribution in [0.25, 0.3) is 0 Å². The Bertz CT molecular complexity index is 586. The molecule has 0 saturated heterocycles. The van der Waals surface area contributed by atoms with Crippen molar-refractivity contribution in [2.24, 2.45) is 11.7 Å². The molecule has 21 heavy (non-hydrogen) atoms. The summed E-state index contributed by atoms with van der Waals surface area (Å²) in [6, 6.07) is 18.0. The number of nitrogens with one attached hydrogen (secondary N) is 1. The van der Waals surface area contributed by atoms with E-state index in [1.165, 1.54) is 0 Å². The maximum absolute atomic E-state index is 12.1. The monoisotopic (exact) mass is 300 g/mol. The normalized spacial score (nSPS) is 11.9. The third kappa shape index (κ3) is 4.62.